The minimum absolute atomic E-state index is 0.145. The van der Waals surface area contributed by atoms with Crippen LogP contribution in [0.2, 0.25) is 0 Å². The molecule has 1 aromatic rings. The Hall–Kier alpha value is -1.66. The molecule has 0 aromatic carbocycles. The Bertz CT molecular complexity index is 429. The van der Waals surface area contributed by atoms with Crippen molar-refractivity contribution in [1.29, 1.82) is 0 Å². The summed E-state index contributed by atoms with van der Waals surface area (Å²) in [5.74, 6) is 0.356. The molecule has 0 bridgehead atoms. The van der Waals surface area contributed by atoms with Gasteiger partial charge in [-0.15, -0.1) is 0 Å². The van der Waals surface area contributed by atoms with Gasteiger partial charge in [0.1, 0.15) is 6.61 Å². The van der Waals surface area contributed by atoms with Crippen LogP contribution in [0.15, 0.2) is 18.3 Å². The lowest BCUT2D eigenvalue weighted by Gasteiger charge is -2.36. The van der Waals surface area contributed by atoms with E-state index in [1.165, 1.54) is 0 Å². The summed E-state index contributed by atoms with van der Waals surface area (Å²) in [6.45, 7) is 0.955. The highest BCUT2D eigenvalue weighted by Crippen LogP contribution is 2.30. The van der Waals surface area contributed by atoms with Gasteiger partial charge in [-0.3, -0.25) is 4.79 Å². The van der Waals surface area contributed by atoms with Gasteiger partial charge in [-0.1, -0.05) is 0 Å². The molecule has 3 N–H and O–H groups in total. The van der Waals surface area contributed by atoms with Crippen LogP contribution in [0, 0.1) is 0 Å². The van der Waals surface area contributed by atoms with Crippen LogP contribution in [0.1, 0.15) is 19.3 Å². The fourth-order valence-corrected chi connectivity index (χ4v) is 1.81. The lowest BCUT2D eigenvalue weighted by atomic mass is 9.77. The zero-order valence-corrected chi connectivity index (χ0v) is 11.0. The highest BCUT2D eigenvalue weighted by molar-refractivity contribution is 5.98. The molecule has 0 spiro atoms. The highest BCUT2D eigenvalue weighted by Gasteiger charge is 2.40. The number of ether oxygens (including phenoxy) is 2. The molecule has 1 heterocycles. The molecule has 6 nitrogen and oxygen atoms in total. The number of amides is 1. The van der Waals surface area contributed by atoms with Crippen LogP contribution < -0.4 is 15.8 Å². The quantitative estimate of drug-likeness (QED) is 0.747. The summed E-state index contributed by atoms with van der Waals surface area (Å²) in [5, 5.41) is 2.77. The van der Waals surface area contributed by atoms with Crippen molar-refractivity contribution in [3.05, 3.63) is 18.3 Å². The van der Waals surface area contributed by atoms with Gasteiger partial charge in [0.25, 0.3) is 0 Å². The average molecular weight is 265 g/mol. The fourth-order valence-electron chi connectivity index (χ4n) is 1.81. The standard InChI is InChI=1S/C13H19N3O3/c1-18-7-8-19-11-4-3-10(9-15-11)16-12(17)13(14)5-2-6-13/h3-4,9H,2,5-8,14H2,1H3,(H,16,17). The number of nitrogens with two attached hydrogens (primary N) is 1. The maximum atomic E-state index is 11.9. The fraction of sp³-hybridized carbons (Fsp3) is 0.538. The highest BCUT2D eigenvalue weighted by atomic mass is 16.5. The van der Waals surface area contributed by atoms with Crippen LogP contribution >= 0.6 is 0 Å². The van der Waals surface area contributed by atoms with E-state index in [0.29, 0.717) is 24.8 Å². The van der Waals surface area contributed by atoms with Gasteiger partial charge in [-0.25, -0.2) is 4.98 Å². The third-order valence-corrected chi connectivity index (χ3v) is 3.23. The van der Waals surface area contributed by atoms with Crippen LogP contribution in [0.4, 0.5) is 5.69 Å². The van der Waals surface area contributed by atoms with Crippen molar-refractivity contribution in [2.45, 2.75) is 24.8 Å². The summed E-state index contributed by atoms with van der Waals surface area (Å²) >= 11 is 0. The Morgan fingerprint density at radius 1 is 1.47 bits per heavy atom. The molecule has 1 aromatic heterocycles. The van der Waals surface area contributed by atoms with Crippen molar-refractivity contribution < 1.29 is 14.3 Å². The van der Waals surface area contributed by atoms with Gasteiger partial charge in [-0.05, 0) is 25.3 Å². The van der Waals surface area contributed by atoms with Crippen molar-refractivity contribution in [2.75, 3.05) is 25.6 Å². The lowest BCUT2D eigenvalue weighted by molar-refractivity contribution is -0.123. The van der Waals surface area contributed by atoms with Crippen molar-refractivity contribution >= 4 is 11.6 Å². The van der Waals surface area contributed by atoms with E-state index in [1.807, 2.05) is 0 Å². The third kappa shape index (κ3) is 3.42. The van der Waals surface area contributed by atoms with Crippen molar-refractivity contribution in [2.24, 2.45) is 5.73 Å². The Kier molecular flexibility index (Phi) is 4.34. The Morgan fingerprint density at radius 3 is 2.79 bits per heavy atom. The number of hydrogen-bond donors (Lipinski definition) is 2. The van der Waals surface area contributed by atoms with Crippen LogP contribution in [-0.4, -0.2) is 36.8 Å². The molecule has 0 aliphatic heterocycles. The van der Waals surface area contributed by atoms with Crippen LogP contribution in [0.5, 0.6) is 5.88 Å². The molecule has 6 heteroatoms. The van der Waals surface area contributed by atoms with Crippen LogP contribution in [-0.2, 0) is 9.53 Å². The predicted molar refractivity (Wildman–Crippen MR) is 71.0 cm³/mol. The lowest BCUT2D eigenvalue weighted by Crippen LogP contribution is -2.56. The van der Waals surface area contributed by atoms with Gasteiger partial charge in [0.05, 0.1) is 24.0 Å². The summed E-state index contributed by atoms with van der Waals surface area (Å²) < 4.78 is 10.2. The molecule has 0 unspecified atom stereocenters. The van der Waals surface area contributed by atoms with E-state index in [2.05, 4.69) is 10.3 Å². The van der Waals surface area contributed by atoms with E-state index in [-0.39, 0.29) is 5.91 Å². The van der Waals surface area contributed by atoms with Gasteiger partial charge in [-0.2, -0.15) is 0 Å². The molecular formula is C13H19N3O3. The smallest absolute Gasteiger partial charge is 0.244 e. The monoisotopic (exact) mass is 265 g/mol. The van der Waals surface area contributed by atoms with E-state index in [9.17, 15) is 4.79 Å². The Labute approximate surface area is 112 Å². The van der Waals surface area contributed by atoms with Crippen LogP contribution in [0.3, 0.4) is 0 Å². The molecule has 1 amide bonds. The number of hydrogen-bond acceptors (Lipinski definition) is 5. The molecule has 0 atom stereocenters. The molecule has 19 heavy (non-hydrogen) atoms. The minimum atomic E-state index is -0.701. The zero-order valence-electron chi connectivity index (χ0n) is 11.0. The molecule has 2 rings (SSSR count). The molecule has 1 fully saturated rings. The SMILES string of the molecule is COCCOc1ccc(NC(=O)C2(N)CCC2)cn1. The molecule has 1 aliphatic rings. The molecule has 1 aliphatic carbocycles. The first-order valence-corrected chi connectivity index (χ1v) is 6.32. The number of carbonyl (C=O) groups is 1. The molecule has 1 saturated carbocycles. The van der Waals surface area contributed by atoms with Crippen molar-refractivity contribution in [1.82, 2.24) is 4.98 Å². The summed E-state index contributed by atoms with van der Waals surface area (Å²) in [6, 6.07) is 3.45. The predicted octanol–water partition coefficient (Wildman–Crippen LogP) is 0.927. The van der Waals surface area contributed by atoms with Crippen molar-refractivity contribution in [3.8, 4) is 5.88 Å². The first-order valence-electron chi connectivity index (χ1n) is 6.32. The van der Waals surface area contributed by atoms with Gasteiger partial charge in [0.15, 0.2) is 0 Å². The van der Waals surface area contributed by atoms with E-state index < -0.39 is 5.54 Å². The Morgan fingerprint density at radius 2 is 2.26 bits per heavy atom. The van der Waals surface area contributed by atoms with Gasteiger partial charge in [0, 0.05) is 13.2 Å². The minimum Gasteiger partial charge on any atom is -0.475 e. The second-order valence-corrected chi connectivity index (χ2v) is 4.69. The number of methoxy groups -OCH3 is 1. The molecule has 104 valence electrons. The number of carbonyl (C=O) groups excluding carboxylic acids is 1. The topological polar surface area (TPSA) is 86.5 Å². The summed E-state index contributed by atoms with van der Waals surface area (Å²) in [5.41, 5.74) is 5.86. The Balaban J connectivity index is 1.86. The normalized spacial score (nSPS) is 16.5. The number of pyridine rings is 1. The van der Waals surface area contributed by atoms with Crippen molar-refractivity contribution in [3.63, 3.8) is 0 Å². The first kappa shape index (κ1) is 13.8. The second-order valence-electron chi connectivity index (χ2n) is 4.69. The van der Waals surface area contributed by atoms with Crippen LogP contribution in [0.25, 0.3) is 0 Å². The third-order valence-electron chi connectivity index (χ3n) is 3.23. The number of aromatic nitrogens is 1. The molecular weight excluding hydrogens is 246 g/mol. The number of rotatable bonds is 6. The second kappa shape index (κ2) is 5.99. The van der Waals surface area contributed by atoms with Gasteiger partial charge >= 0.3 is 0 Å². The zero-order chi connectivity index (χ0) is 13.7. The number of anilines is 1. The van der Waals surface area contributed by atoms with E-state index in [4.69, 9.17) is 15.2 Å². The summed E-state index contributed by atoms with van der Waals surface area (Å²) in [6.07, 6.45) is 4.05. The maximum Gasteiger partial charge on any atom is 0.244 e. The van der Waals surface area contributed by atoms with E-state index in [1.54, 1.807) is 25.4 Å². The van der Waals surface area contributed by atoms with Gasteiger partial charge < -0.3 is 20.5 Å². The maximum absolute atomic E-state index is 11.9. The number of nitrogens with one attached hydrogen (secondary N) is 1. The molecule has 0 radical (unpaired) electrons. The number of nitrogens with zero attached hydrogens (tertiary/aromatic N) is 1. The average Bonchev–Trinajstić information content (AvgIpc) is 2.38. The van der Waals surface area contributed by atoms with E-state index >= 15 is 0 Å². The summed E-state index contributed by atoms with van der Waals surface area (Å²) in [4.78, 5) is 16.0. The largest absolute Gasteiger partial charge is 0.475 e. The summed E-state index contributed by atoms with van der Waals surface area (Å²) in [7, 11) is 1.61. The molecule has 0 saturated heterocycles. The first-order chi connectivity index (χ1) is 9.14. The van der Waals surface area contributed by atoms with E-state index in [0.717, 1.165) is 19.3 Å². The van der Waals surface area contributed by atoms with Gasteiger partial charge in [0.2, 0.25) is 11.8 Å².